The maximum atomic E-state index is 14.1. The molecular formula is C54H88N10O12S. The summed E-state index contributed by atoms with van der Waals surface area (Å²) in [4.78, 5) is 110. The number of nitrogens with one attached hydrogen (secondary N) is 6. The van der Waals surface area contributed by atoms with Crippen molar-refractivity contribution < 1.29 is 56.6 Å². The molecule has 0 saturated carbocycles. The van der Waals surface area contributed by atoms with E-state index < -0.39 is 86.8 Å². The van der Waals surface area contributed by atoms with Gasteiger partial charge in [-0.15, -0.1) is 0 Å². The van der Waals surface area contributed by atoms with E-state index in [1.165, 1.54) is 59.2 Å². The number of carbonyl (C=O) groups is 8. The standard InChI is InChI=1S/C54H88N10O12S/c1-14-35(6)46(60-49(70)40-19-15-16-27-62(40)12)51(72)63(13)41(33(2)3)28-36(7)47(68)61-77(74,75)38-22-20-37(21-23-38)57-48(69)39(18-17-26-56-52(55)73)58-50(71)45(34(4)5)59-42(65)29-53(8,9)31-76-32-54(10,11)30-64-43(66)24-25-44(64)67/h20-25,28,33-35,39-41,43,45-46,66H,14-19,26-27,29-32H2,1-13H3,(H,57,69)(H,58,71)(H,59,65)(H,60,70)(H,61,68)(H3,55,56,73). The van der Waals surface area contributed by atoms with Crippen LogP contribution in [-0.2, 0) is 48.3 Å². The van der Waals surface area contributed by atoms with Crippen LogP contribution >= 0.6 is 0 Å². The minimum Gasteiger partial charge on any atom is -0.380 e. The van der Waals surface area contributed by atoms with Gasteiger partial charge < -0.3 is 52.0 Å². The van der Waals surface area contributed by atoms with Gasteiger partial charge in [0.2, 0.25) is 35.4 Å². The van der Waals surface area contributed by atoms with Gasteiger partial charge in [-0.1, -0.05) is 88.2 Å². The number of anilines is 1. The molecule has 432 valence electrons. The van der Waals surface area contributed by atoms with Crippen LogP contribution in [0.2, 0.25) is 0 Å². The van der Waals surface area contributed by atoms with E-state index in [0.29, 0.717) is 12.8 Å². The van der Waals surface area contributed by atoms with E-state index in [1.54, 1.807) is 20.9 Å². The first-order valence-electron chi connectivity index (χ1n) is 26.6. The summed E-state index contributed by atoms with van der Waals surface area (Å²) in [5.41, 5.74) is 4.21. The van der Waals surface area contributed by atoms with E-state index in [2.05, 4.69) is 31.3 Å². The van der Waals surface area contributed by atoms with Crippen LogP contribution in [0, 0.1) is 28.6 Å². The Kier molecular flexibility index (Phi) is 24.8. The lowest BCUT2D eigenvalue weighted by Crippen LogP contribution is -2.57. The zero-order valence-corrected chi connectivity index (χ0v) is 48.3. The molecular weight excluding hydrogens is 1010 g/mol. The third-order valence-corrected chi connectivity index (χ3v) is 15.2. The molecule has 77 heavy (non-hydrogen) atoms. The predicted octanol–water partition coefficient (Wildman–Crippen LogP) is 3.12. The number of ether oxygens (including phenoxy) is 1. The van der Waals surface area contributed by atoms with Gasteiger partial charge in [0.05, 0.1) is 30.2 Å². The summed E-state index contributed by atoms with van der Waals surface area (Å²) in [6, 6.07) is 0.131. The van der Waals surface area contributed by atoms with Crippen LogP contribution in [0.5, 0.6) is 0 Å². The van der Waals surface area contributed by atoms with Gasteiger partial charge in [-0.05, 0) is 99.7 Å². The fraction of sp³-hybridized carbons (Fsp3) is 0.667. The number of aliphatic hydroxyl groups is 1. The number of aliphatic hydroxyl groups excluding tert-OH is 1. The number of piperidine rings is 1. The summed E-state index contributed by atoms with van der Waals surface area (Å²) >= 11 is 0. The highest BCUT2D eigenvalue weighted by Crippen LogP contribution is 2.27. The summed E-state index contributed by atoms with van der Waals surface area (Å²) in [5, 5.41) is 23.8. The number of likely N-dealkylation sites (tertiary alicyclic amines) is 1. The number of hydrogen-bond acceptors (Lipinski definition) is 13. The molecule has 9 N–H and O–H groups in total. The Labute approximate surface area is 455 Å². The fourth-order valence-electron chi connectivity index (χ4n) is 9.07. The number of hydrogen-bond donors (Lipinski definition) is 8. The Morgan fingerprint density at radius 2 is 1.55 bits per heavy atom. The molecule has 1 fully saturated rings. The van der Waals surface area contributed by atoms with E-state index >= 15 is 0 Å². The minimum absolute atomic E-state index is 0.0231. The zero-order valence-electron chi connectivity index (χ0n) is 47.5. The molecule has 1 saturated heterocycles. The maximum absolute atomic E-state index is 14.1. The molecule has 3 rings (SSSR count). The van der Waals surface area contributed by atoms with Crippen LogP contribution in [0.3, 0.4) is 0 Å². The van der Waals surface area contributed by atoms with Gasteiger partial charge in [0.15, 0.2) is 0 Å². The Hall–Kier alpha value is -5.91. The van der Waals surface area contributed by atoms with Crippen molar-refractivity contribution in [2.75, 3.05) is 52.3 Å². The van der Waals surface area contributed by atoms with Crippen LogP contribution in [0.15, 0.2) is 53.0 Å². The molecule has 2 heterocycles. The monoisotopic (exact) mass is 1100 g/mol. The maximum Gasteiger partial charge on any atom is 0.312 e. The first-order valence-corrected chi connectivity index (χ1v) is 28.1. The first-order chi connectivity index (χ1) is 35.8. The number of nitrogens with two attached hydrogens (primary N) is 1. The quantitative estimate of drug-likeness (QED) is 0.0423. The van der Waals surface area contributed by atoms with Crippen molar-refractivity contribution in [1.29, 1.82) is 0 Å². The summed E-state index contributed by atoms with van der Waals surface area (Å²) in [5.74, 6) is -4.37. The number of urea groups is 1. The third kappa shape index (κ3) is 20.4. The van der Waals surface area contributed by atoms with Crippen molar-refractivity contribution in [2.24, 2.45) is 34.3 Å². The van der Waals surface area contributed by atoms with Crippen molar-refractivity contribution in [3.05, 3.63) is 48.1 Å². The van der Waals surface area contributed by atoms with E-state index in [1.807, 2.05) is 67.3 Å². The average molecular weight is 1100 g/mol. The highest BCUT2D eigenvalue weighted by Gasteiger charge is 2.37. The molecule has 1 aromatic rings. The second kappa shape index (κ2) is 29.2. The summed E-state index contributed by atoms with van der Waals surface area (Å²) in [6.07, 6.45) is 6.70. The van der Waals surface area contributed by atoms with Gasteiger partial charge in [-0.3, -0.25) is 38.5 Å². The highest BCUT2D eigenvalue weighted by atomic mass is 32.2. The van der Waals surface area contributed by atoms with Gasteiger partial charge in [0, 0.05) is 49.3 Å². The molecule has 7 atom stereocenters. The Morgan fingerprint density at radius 3 is 2.10 bits per heavy atom. The van der Waals surface area contributed by atoms with Crippen molar-refractivity contribution in [2.45, 2.75) is 162 Å². The van der Waals surface area contributed by atoms with Crippen LogP contribution < -0.4 is 37.0 Å². The highest BCUT2D eigenvalue weighted by molar-refractivity contribution is 7.90. The summed E-state index contributed by atoms with van der Waals surface area (Å²) in [6.45, 7) is 21.4. The number of rotatable bonds is 29. The first kappa shape index (κ1) is 65.4. The number of sulfonamides is 1. The molecule has 22 nitrogen and oxygen atoms in total. The molecule has 7 unspecified atom stereocenters. The number of benzene rings is 1. The smallest absolute Gasteiger partial charge is 0.312 e. The molecule has 1 aromatic carbocycles. The SMILES string of the molecule is CCC(C)C(NC(=O)C1CCCCN1C)C(=O)N(C)C(C=C(C)C(=O)NS(=O)(=O)c1ccc(NC(=O)C(CCCNC(N)=O)NC(=O)C(NC(=O)CC(C)(C)COCC(C)(C)CN2C(=O)C=CC2O)C(C)C)cc1)C(C)C. The lowest BCUT2D eigenvalue weighted by molar-refractivity contribution is -0.140. The number of primary amides is 1. The second-order valence-electron chi connectivity index (χ2n) is 22.9. The van der Waals surface area contributed by atoms with Crippen molar-refractivity contribution in [3.8, 4) is 0 Å². The van der Waals surface area contributed by atoms with E-state index in [-0.39, 0.29) is 97.3 Å². The number of carbonyl (C=O) groups excluding carboxylic acids is 8. The third-order valence-electron chi connectivity index (χ3n) is 13.9. The second-order valence-corrected chi connectivity index (χ2v) is 24.5. The topological polar surface area (TPSA) is 308 Å². The van der Waals surface area contributed by atoms with Crippen LogP contribution in [0.4, 0.5) is 10.5 Å². The Morgan fingerprint density at radius 1 is 0.909 bits per heavy atom. The molecule has 0 aromatic heterocycles. The number of amides is 9. The van der Waals surface area contributed by atoms with E-state index in [0.717, 1.165) is 19.4 Å². The Balaban J connectivity index is 1.69. The molecule has 23 heteroatoms. The van der Waals surface area contributed by atoms with Gasteiger partial charge in [-0.2, -0.15) is 0 Å². The minimum atomic E-state index is -4.46. The van der Waals surface area contributed by atoms with Crippen LogP contribution in [0.1, 0.15) is 121 Å². The van der Waals surface area contributed by atoms with Gasteiger partial charge in [0.25, 0.3) is 15.9 Å². The Bertz CT molecular complexity index is 2410. The van der Waals surface area contributed by atoms with Crippen LogP contribution in [-0.4, -0.2) is 159 Å². The van der Waals surface area contributed by atoms with E-state index in [9.17, 15) is 51.9 Å². The largest absolute Gasteiger partial charge is 0.380 e. The average Bonchev–Trinajstić information content (AvgIpc) is 3.65. The molecule has 2 aliphatic heterocycles. The molecule has 9 amide bonds. The van der Waals surface area contributed by atoms with Gasteiger partial charge >= 0.3 is 6.03 Å². The molecule has 0 spiro atoms. The summed E-state index contributed by atoms with van der Waals surface area (Å²) < 4.78 is 35.2. The fourth-order valence-corrected chi connectivity index (χ4v) is 10.1. The number of likely N-dealkylation sites (N-methyl/N-ethyl adjacent to an activating group) is 2. The van der Waals surface area contributed by atoms with Crippen molar-refractivity contribution in [1.82, 2.24) is 40.7 Å². The molecule has 0 aliphatic carbocycles. The lowest BCUT2D eigenvalue weighted by Gasteiger charge is -2.36. The molecule has 0 bridgehead atoms. The molecule has 2 aliphatic rings. The zero-order chi connectivity index (χ0) is 58.2. The van der Waals surface area contributed by atoms with E-state index in [4.69, 9.17) is 10.5 Å². The van der Waals surface area contributed by atoms with Crippen molar-refractivity contribution >= 4 is 63.1 Å². The van der Waals surface area contributed by atoms with Gasteiger partial charge in [0.1, 0.15) is 24.4 Å². The molecule has 0 radical (unpaired) electrons. The van der Waals surface area contributed by atoms with Gasteiger partial charge in [-0.25, -0.2) is 17.9 Å². The predicted molar refractivity (Wildman–Crippen MR) is 293 cm³/mol. The number of nitrogens with zero attached hydrogens (tertiary/aromatic N) is 3. The van der Waals surface area contributed by atoms with Crippen molar-refractivity contribution in [3.63, 3.8) is 0 Å². The lowest BCUT2D eigenvalue weighted by atomic mass is 9.89. The van der Waals surface area contributed by atoms with Crippen LogP contribution in [0.25, 0.3) is 0 Å². The summed E-state index contributed by atoms with van der Waals surface area (Å²) in [7, 11) is -0.966. The normalized spacial score (nSPS) is 18.5.